The molecule has 0 spiro atoms. The van der Waals surface area contributed by atoms with E-state index in [1.165, 1.54) is 14.0 Å². The molecule has 208 valence electrons. The molecule has 39 heavy (non-hydrogen) atoms. The summed E-state index contributed by atoms with van der Waals surface area (Å²) in [7, 11) is 1.23. The third-order valence-corrected chi connectivity index (χ3v) is 5.70. The number of halogens is 7. The van der Waals surface area contributed by atoms with Gasteiger partial charge in [0, 0.05) is 24.1 Å². The van der Waals surface area contributed by atoms with Gasteiger partial charge in [0.1, 0.15) is 17.4 Å². The van der Waals surface area contributed by atoms with Crippen LogP contribution in [0.4, 0.5) is 36.6 Å². The molecule has 0 radical (unpaired) electrons. The van der Waals surface area contributed by atoms with E-state index in [0.717, 1.165) is 29.7 Å². The average molecular weight is 558 g/mol. The van der Waals surface area contributed by atoms with Crippen LogP contribution in [0.25, 0.3) is 0 Å². The van der Waals surface area contributed by atoms with Gasteiger partial charge in [0.05, 0.1) is 17.8 Å². The fourth-order valence-electron chi connectivity index (χ4n) is 3.99. The average Bonchev–Trinajstić information content (AvgIpc) is 3.18. The van der Waals surface area contributed by atoms with Crippen molar-refractivity contribution in [3.05, 3.63) is 81.8 Å². The fourth-order valence-corrected chi connectivity index (χ4v) is 3.99. The zero-order valence-electron chi connectivity index (χ0n) is 20.6. The number of anilines is 1. The minimum Gasteiger partial charge on any atom is -0.352 e. The van der Waals surface area contributed by atoms with Crippen LogP contribution >= 0.6 is 0 Å². The molecule has 0 aliphatic rings. The molecular weight excluding hydrogens is 537 g/mol. The summed E-state index contributed by atoms with van der Waals surface area (Å²) in [5, 5.41) is 4.45. The Bertz CT molecular complexity index is 1430. The number of nitrogens with zero attached hydrogens (tertiary/aromatic N) is 2. The smallest absolute Gasteiger partial charge is 0.352 e. The maximum absolute atomic E-state index is 14.1. The first-order valence-electron chi connectivity index (χ1n) is 11.2. The lowest BCUT2D eigenvalue weighted by atomic mass is 9.92. The summed E-state index contributed by atoms with van der Waals surface area (Å²) < 4.78 is 96.1. The highest BCUT2D eigenvalue weighted by molar-refractivity contribution is 6.05. The zero-order valence-corrected chi connectivity index (χ0v) is 20.6. The molecule has 1 heterocycles. The molecule has 1 aromatic heterocycles. The minimum atomic E-state index is -4.98. The number of carbonyl (C=O) groups excluding carboxylic acids is 3. The maximum Gasteiger partial charge on any atom is 0.416 e. The van der Waals surface area contributed by atoms with Gasteiger partial charge >= 0.3 is 6.18 Å². The highest BCUT2D eigenvalue weighted by atomic mass is 19.4. The summed E-state index contributed by atoms with van der Waals surface area (Å²) in [5.74, 6) is -7.07. The second-order valence-corrected chi connectivity index (χ2v) is 8.51. The van der Waals surface area contributed by atoms with Crippen LogP contribution in [0.1, 0.15) is 69.6 Å². The minimum absolute atomic E-state index is 0.186. The van der Waals surface area contributed by atoms with E-state index in [1.54, 1.807) is 0 Å². The van der Waals surface area contributed by atoms with Gasteiger partial charge in [-0.15, -0.1) is 0 Å². The van der Waals surface area contributed by atoms with E-state index in [9.17, 15) is 45.1 Å². The first-order chi connectivity index (χ1) is 18.1. The first kappa shape index (κ1) is 29.3. The van der Waals surface area contributed by atoms with Gasteiger partial charge in [0.2, 0.25) is 5.82 Å². The fraction of sp³-hybridized carbons (Fsp3) is 0.280. The second-order valence-electron chi connectivity index (χ2n) is 8.51. The predicted molar refractivity (Wildman–Crippen MR) is 125 cm³/mol. The van der Waals surface area contributed by atoms with E-state index >= 15 is 0 Å². The van der Waals surface area contributed by atoms with Gasteiger partial charge in [-0.05, 0) is 42.8 Å². The molecule has 2 N–H and O–H groups in total. The molecule has 14 heteroatoms. The number of aromatic nitrogens is 2. The first-order valence-corrected chi connectivity index (χ1v) is 11.2. The van der Waals surface area contributed by atoms with Crippen molar-refractivity contribution < 1.29 is 45.1 Å². The van der Waals surface area contributed by atoms with Gasteiger partial charge in [-0.25, -0.2) is 22.5 Å². The molecule has 0 saturated carbocycles. The second kappa shape index (κ2) is 11.3. The van der Waals surface area contributed by atoms with Crippen molar-refractivity contribution in [2.75, 3.05) is 12.4 Å². The number of alkyl halides is 5. The molecule has 0 fully saturated rings. The van der Waals surface area contributed by atoms with Crippen LogP contribution in [0, 0.1) is 11.6 Å². The Kier molecular flexibility index (Phi) is 8.46. The Morgan fingerprint density at radius 3 is 2.21 bits per heavy atom. The number of ketones is 1. The van der Waals surface area contributed by atoms with E-state index in [1.807, 2.05) is 0 Å². The summed E-state index contributed by atoms with van der Waals surface area (Å²) in [5.41, 5.74) is -3.26. The number of Topliss-reactive ketones (excluding diaryl/α,β-unsaturated/α-hetero) is 1. The molecule has 0 saturated heterocycles. The predicted octanol–water partition coefficient (Wildman–Crippen LogP) is 5.47. The number of rotatable bonds is 8. The van der Waals surface area contributed by atoms with Crippen molar-refractivity contribution in [2.45, 2.75) is 38.9 Å². The van der Waals surface area contributed by atoms with Crippen molar-refractivity contribution in [3.63, 3.8) is 0 Å². The molecule has 2 aromatic carbocycles. The van der Waals surface area contributed by atoms with Gasteiger partial charge < -0.3 is 15.2 Å². The van der Waals surface area contributed by atoms with Crippen LogP contribution in [0.15, 0.2) is 36.4 Å². The van der Waals surface area contributed by atoms with E-state index in [4.69, 9.17) is 0 Å². The third kappa shape index (κ3) is 6.44. The molecule has 0 unspecified atom stereocenters. The van der Waals surface area contributed by atoms with Crippen molar-refractivity contribution in [2.24, 2.45) is 0 Å². The molecule has 1 atom stereocenters. The number of amides is 2. The summed E-state index contributed by atoms with van der Waals surface area (Å²) in [6.45, 7) is 1.95. The summed E-state index contributed by atoms with van der Waals surface area (Å²) in [6.07, 6.45) is -8.04. The topological polar surface area (TPSA) is 93.1 Å². The number of hydrogen-bond donors (Lipinski definition) is 2. The van der Waals surface area contributed by atoms with Crippen LogP contribution in [-0.2, 0) is 17.5 Å². The van der Waals surface area contributed by atoms with Crippen molar-refractivity contribution in [1.29, 1.82) is 0 Å². The SMILES string of the molecule is CNC(=O)c1nc(NC(=O)c2cc(F)cc(C(F)(F)F)c2)c([C@H](C)c2cc(F)ccc2C(F)F)n1CC(C)=O. The quantitative estimate of drug-likeness (QED) is 0.359. The Hall–Kier alpha value is -4.23. The van der Waals surface area contributed by atoms with Crippen LogP contribution in [-0.4, -0.2) is 34.2 Å². The Morgan fingerprint density at radius 2 is 1.64 bits per heavy atom. The van der Waals surface area contributed by atoms with Gasteiger partial charge in [-0.2, -0.15) is 13.2 Å². The van der Waals surface area contributed by atoms with Crippen LogP contribution < -0.4 is 10.6 Å². The van der Waals surface area contributed by atoms with Crippen molar-refractivity contribution >= 4 is 23.4 Å². The van der Waals surface area contributed by atoms with Gasteiger partial charge in [-0.3, -0.25) is 14.4 Å². The van der Waals surface area contributed by atoms with Crippen molar-refractivity contribution in [1.82, 2.24) is 14.9 Å². The molecule has 2 amide bonds. The van der Waals surface area contributed by atoms with Crippen LogP contribution in [0.3, 0.4) is 0 Å². The summed E-state index contributed by atoms with van der Waals surface area (Å²) >= 11 is 0. The molecule has 0 aliphatic carbocycles. The van der Waals surface area contributed by atoms with Gasteiger partial charge in [0.25, 0.3) is 18.2 Å². The van der Waals surface area contributed by atoms with Gasteiger partial charge in [-0.1, -0.05) is 13.0 Å². The third-order valence-electron chi connectivity index (χ3n) is 5.70. The number of nitrogens with one attached hydrogen (secondary N) is 2. The lowest BCUT2D eigenvalue weighted by Gasteiger charge is -2.20. The summed E-state index contributed by atoms with van der Waals surface area (Å²) in [4.78, 5) is 41.5. The summed E-state index contributed by atoms with van der Waals surface area (Å²) in [6, 6.07) is 3.57. The Morgan fingerprint density at radius 1 is 0.974 bits per heavy atom. The van der Waals surface area contributed by atoms with E-state index < -0.39 is 82.6 Å². The standard InChI is InChI=1S/C25H21F7N4O3/c1-11(37)10-36-19(12(2)18-9-15(26)4-5-17(18)20(28)29)21(34-22(36)24(39)33-3)35-23(38)13-6-14(25(30,31)32)8-16(27)7-13/h4-9,12,20H,10H2,1-3H3,(H,33,39)(H,35,38)/t12-/m1/s1. The number of imidazole rings is 1. The number of hydrogen-bond acceptors (Lipinski definition) is 4. The monoisotopic (exact) mass is 558 g/mol. The Balaban J connectivity index is 2.24. The lowest BCUT2D eigenvalue weighted by Crippen LogP contribution is -2.25. The molecule has 3 aromatic rings. The highest BCUT2D eigenvalue weighted by Gasteiger charge is 2.33. The molecule has 0 aliphatic heterocycles. The number of carbonyl (C=O) groups is 3. The van der Waals surface area contributed by atoms with E-state index in [2.05, 4.69) is 15.6 Å². The van der Waals surface area contributed by atoms with Crippen molar-refractivity contribution in [3.8, 4) is 0 Å². The lowest BCUT2D eigenvalue weighted by molar-refractivity contribution is -0.137. The zero-order chi connectivity index (χ0) is 29.2. The van der Waals surface area contributed by atoms with Crippen LogP contribution in [0.2, 0.25) is 0 Å². The molecule has 7 nitrogen and oxygen atoms in total. The van der Waals surface area contributed by atoms with Gasteiger partial charge in [0.15, 0.2) is 5.82 Å². The normalized spacial score (nSPS) is 12.4. The molecular formula is C25H21F7N4O3. The van der Waals surface area contributed by atoms with Crippen LogP contribution in [0.5, 0.6) is 0 Å². The molecule has 0 bridgehead atoms. The largest absolute Gasteiger partial charge is 0.416 e. The Labute approximate surface area is 217 Å². The molecule has 3 rings (SSSR count). The number of benzene rings is 2. The van der Waals surface area contributed by atoms with E-state index in [-0.39, 0.29) is 17.3 Å². The highest BCUT2D eigenvalue weighted by Crippen LogP contribution is 2.37. The maximum atomic E-state index is 14.1. The van der Waals surface area contributed by atoms with E-state index in [0.29, 0.717) is 12.1 Å².